The summed E-state index contributed by atoms with van der Waals surface area (Å²) in [6.07, 6.45) is 6.18. The quantitative estimate of drug-likeness (QED) is 0.400. The maximum Gasteiger partial charge on any atom is 0.119 e. The molecule has 34 heavy (non-hydrogen) atoms. The number of hydrogen-bond acceptors (Lipinski definition) is 4. The van der Waals surface area contributed by atoms with E-state index in [1.54, 1.807) is 7.11 Å². The van der Waals surface area contributed by atoms with Crippen molar-refractivity contribution in [1.29, 1.82) is 0 Å². The van der Waals surface area contributed by atoms with Gasteiger partial charge in [-0.25, -0.2) is 0 Å². The maximum absolute atomic E-state index is 6.06. The number of methoxy groups -OCH3 is 1. The van der Waals surface area contributed by atoms with Gasteiger partial charge in [-0.3, -0.25) is 4.90 Å². The molecule has 0 saturated carbocycles. The van der Waals surface area contributed by atoms with Crippen LogP contribution in [-0.2, 0) is 13.0 Å². The van der Waals surface area contributed by atoms with Crippen LogP contribution in [0.1, 0.15) is 48.4 Å². The number of fused-ring (bicyclic) bond motifs is 1. The van der Waals surface area contributed by atoms with Crippen LogP contribution in [-0.4, -0.2) is 38.3 Å². The molecule has 1 atom stereocenters. The Morgan fingerprint density at radius 1 is 0.853 bits per heavy atom. The minimum absolute atomic E-state index is 0.363. The second-order valence-electron chi connectivity index (χ2n) is 9.48. The van der Waals surface area contributed by atoms with Gasteiger partial charge in [-0.1, -0.05) is 48.9 Å². The number of aryl methyl sites for hydroxylation is 1. The first kappa shape index (κ1) is 22.8. The second kappa shape index (κ2) is 11.0. The van der Waals surface area contributed by atoms with E-state index in [0.29, 0.717) is 6.04 Å². The Hall–Kier alpha value is -2.98. The van der Waals surface area contributed by atoms with Crippen molar-refractivity contribution in [3.63, 3.8) is 0 Å². The number of likely N-dealkylation sites (tertiary alicyclic amines) is 1. The van der Waals surface area contributed by atoms with E-state index in [4.69, 9.17) is 9.47 Å². The molecule has 0 aromatic heterocycles. The van der Waals surface area contributed by atoms with Crippen LogP contribution in [0.5, 0.6) is 11.5 Å². The highest BCUT2D eigenvalue weighted by Gasteiger charge is 2.28. The number of nitrogens with zero attached hydrogens (tertiary/aromatic N) is 2. The fourth-order valence-electron chi connectivity index (χ4n) is 5.37. The molecule has 0 amide bonds. The Balaban J connectivity index is 1.29. The molecule has 0 aliphatic carbocycles. The third kappa shape index (κ3) is 5.39. The van der Waals surface area contributed by atoms with Crippen molar-refractivity contribution < 1.29 is 9.47 Å². The lowest BCUT2D eigenvalue weighted by Gasteiger charge is -2.39. The van der Waals surface area contributed by atoms with Gasteiger partial charge in [0.1, 0.15) is 18.1 Å². The van der Waals surface area contributed by atoms with E-state index >= 15 is 0 Å². The number of benzene rings is 3. The van der Waals surface area contributed by atoms with E-state index in [1.165, 1.54) is 54.7 Å². The summed E-state index contributed by atoms with van der Waals surface area (Å²) in [5.74, 6) is 1.90. The molecule has 1 saturated heterocycles. The fourth-order valence-corrected chi connectivity index (χ4v) is 5.37. The Morgan fingerprint density at radius 2 is 1.62 bits per heavy atom. The van der Waals surface area contributed by atoms with Crippen LogP contribution in [0.3, 0.4) is 0 Å². The summed E-state index contributed by atoms with van der Waals surface area (Å²) in [7, 11) is 1.74. The molecule has 2 aliphatic rings. The Morgan fingerprint density at radius 3 is 2.38 bits per heavy atom. The first-order valence-corrected chi connectivity index (χ1v) is 12.7. The van der Waals surface area contributed by atoms with Crippen molar-refractivity contribution in [3.05, 3.63) is 89.5 Å². The van der Waals surface area contributed by atoms with Crippen LogP contribution in [0, 0.1) is 0 Å². The van der Waals surface area contributed by atoms with Crippen LogP contribution in [0.25, 0.3) is 0 Å². The van der Waals surface area contributed by atoms with Gasteiger partial charge in [0, 0.05) is 18.8 Å². The maximum atomic E-state index is 6.06. The van der Waals surface area contributed by atoms with Crippen LogP contribution in [0.2, 0.25) is 0 Å². The molecule has 0 radical (unpaired) electrons. The zero-order valence-electron chi connectivity index (χ0n) is 20.3. The largest absolute Gasteiger partial charge is 0.497 e. The summed E-state index contributed by atoms with van der Waals surface area (Å²) in [6.45, 7) is 5.08. The minimum atomic E-state index is 0.363. The van der Waals surface area contributed by atoms with Crippen LogP contribution < -0.4 is 14.4 Å². The van der Waals surface area contributed by atoms with Crippen LogP contribution in [0.4, 0.5) is 5.69 Å². The number of hydrogen-bond donors (Lipinski definition) is 0. The zero-order valence-corrected chi connectivity index (χ0v) is 20.3. The predicted molar refractivity (Wildman–Crippen MR) is 139 cm³/mol. The van der Waals surface area contributed by atoms with E-state index in [9.17, 15) is 0 Å². The lowest BCUT2D eigenvalue weighted by Crippen LogP contribution is -2.33. The highest BCUT2D eigenvalue weighted by Crippen LogP contribution is 2.41. The Kier molecular flexibility index (Phi) is 7.35. The molecular weight excluding hydrogens is 420 g/mol. The van der Waals surface area contributed by atoms with Gasteiger partial charge in [-0.15, -0.1) is 0 Å². The molecule has 3 aromatic carbocycles. The Labute approximate surface area is 204 Å². The number of piperidine rings is 1. The predicted octanol–water partition coefficient (Wildman–Crippen LogP) is 6.25. The topological polar surface area (TPSA) is 24.9 Å². The van der Waals surface area contributed by atoms with Crippen molar-refractivity contribution in [1.82, 2.24) is 4.90 Å². The second-order valence-corrected chi connectivity index (χ2v) is 9.48. The van der Waals surface area contributed by atoms with Crippen LogP contribution >= 0.6 is 0 Å². The minimum Gasteiger partial charge on any atom is -0.497 e. The third-order valence-corrected chi connectivity index (χ3v) is 7.24. The van der Waals surface area contributed by atoms with Gasteiger partial charge < -0.3 is 14.4 Å². The summed E-state index contributed by atoms with van der Waals surface area (Å²) in [6, 6.07) is 26.5. The molecule has 4 nitrogen and oxygen atoms in total. The van der Waals surface area contributed by atoms with Crippen molar-refractivity contribution in [3.8, 4) is 11.5 Å². The van der Waals surface area contributed by atoms with Gasteiger partial charge >= 0.3 is 0 Å². The molecule has 3 aromatic rings. The van der Waals surface area contributed by atoms with Crippen molar-refractivity contribution >= 4 is 5.69 Å². The Bertz CT molecular complexity index is 1050. The monoisotopic (exact) mass is 456 g/mol. The molecule has 0 N–H and O–H groups in total. The normalized spacial score (nSPS) is 18.4. The lowest BCUT2D eigenvalue weighted by atomic mass is 9.90. The molecule has 1 fully saturated rings. The molecule has 4 heteroatoms. The average Bonchev–Trinajstić information content (AvgIpc) is 2.90. The number of anilines is 1. The fraction of sp³-hybridized carbons (Fsp3) is 0.400. The van der Waals surface area contributed by atoms with Gasteiger partial charge in [0.25, 0.3) is 0 Å². The van der Waals surface area contributed by atoms with Crippen LogP contribution in [0.15, 0.2) is 72.8 Å². The smallest absolute Gasteiger partial charge is 0.119 e. The van der Waals surface area contributed by atoms with E-state index in [1.807, 2.05) is 0 Å². The summed E-state index contributed by atoms with van der Waals surface area (Å²) >= 11 is 0. The van der Waals surface area contributed by atoms with E-state index < -0.39 is 0 Å². The number of ether oxygens (including phenoxy) is 2. The van der Waals surface area contributed by atoms with Gasteiger partial charge in [0.2, 0.25) is 0 Å². The van der Waals surface area contributed by atoms with Gasteiger partial charge in [0.05, 0.1) is 13.2 Å². The highest BCUT2D eigenvalue weighted by molar-refractivity contribution is 5.60. The number of rotatable bonds is 8. The highest BCUT2D eigenvalue weighted by atomic mass is 16.5. The summed E-state index contributed by atoms with van der Waals surface area (Å²) < 4.78 is 11.6. The standard InChI is InChI=1S/C30H36N2O2/c1-33-28-15-17-30-26(22-28)12-16-29(25-8-4-2-5-9-25)32(30)23-24-10-13-27(14-11-24)34-21-20-31-18-6-3-7-19-31/h2,4-5,8-11,13-15,17,22,29H,3,6-7,12,16,18-21,23H2,1H3. The summed E-state index contributed by atoms with van der Waals surface area (Å²) in [5.41, 5.74) is 5.35. The molecule has 1 unspecified atom stereocenters. The molecular formula is C30H36N2O2. The van der Waals surface area contributed by atoms with E-state index in [-0.39, 0.29) is 0 Å². The van der Waals surface area contributed by atoms with Crippen molar-refractivity contribution in [2.75, 3.05) is 38.3 Å². The molecule has 0 bridgehead atoms. The van der Waals surface area contributed by atoms with Crippen molar-refractivity contribution in [2.45, 2.75) is 44.7 Å². The molecule has 2 heterocycles. The van der Waals surface area contributed by atoms with E-state index in [2.05, 4.69) is 82.6 Å². The average molecular weight is 457 g/mol. The summed E-state index contributed by atoms with van der Waals surface area (Å²) in [5, 5.41) is 0. The van der Waals surface area contributed by atoms with Gasteiger partial charge in [0.15, 0.2) is 0 Å². The zero-order chi connectivity index (χ0) is 23.2. The summed E-state index contributed by atoms with van der Waals surface area (Å²) in [4.78, 5) is 5.07. The first-order valence-electron chi connectivity index (χ1n) is 12.7. The molecule has 0 spiro atoms. The first-order chi connectivity index (χ1) is 16.8. The molecule has 178 valence electrons. The van der Waals surface area contributed by atoms with E-state index in [0.717, 1.165) is 44.0 Å². The lowest BCUT2D eigenvalue weighted by molar-refractivity contribution is 0.183. The SMILES string of the molecule is COc1ccc2c(c1)CCC(c1ccccc1)N2Cc1ccc(OCCN2CCCCC2)cc1. The van der Waals surface area contributed by atoms with Gasteiger partial charge in [-0.05, 0) is 85.8 Å². The molecule has 2 aliphatic heterocycles. The van der Waals surface area contributed by atoms with Gasteiger partial charge in [-0.2, -0.15) is 0 Å². The third-order valence-electron chi connectivity index (χ3n) is 7.24. The molecule has 5 rings (SSSR count). The van der Waals surface area contributed by atoms with Crippen molar-refractivity contribution in [2.24, 2.45) is 0 Å².